The fraction of sp³-hybridized carbons (Fsp3) is 0.562. The highest BCUT2D eigenvalue weighted by atomic mass is 28.3. The van der Waals surface area contributed by atoms with Crippen molar-refractivity contribution in [1.29, 1.82) is 0 Å². The average molecular weight is 293 g/mol. The molecule has 1 aromatic carbocycles. The molecule has 4 heteroatoms. The van der Waals surface area contributed by atoms with E-state index < -0.39 is 9.04 Å². The normalized spacial score (nSPS) is 11.6. The molecular formula is C16H25O3Si. The standard InChI is InChI=1S/C16H25O3Si/c1-16(2,3)13-9-7-12(8-10-15(17)18-4)14(11-13)19-20(5)6/h7,9,11H,8,10H2,1-6H3. The number of carbonyl (C=O) groups is 1. The van der Waals surface area contributed by atoms with Gasteiger partial charge in [0.05, 0.1) is 7.11 Å². The van der Waals surface area contributed by atoms with Crippen molar-refractivity contribution < 1.29 is 14.0 Å². The number of ether oxygens (including phenoxy) is 1. The lowest BCUT2D eigenvalue weighted by Gasteiger charge is -2.22. The van der Waals surface area contributed by atoms with Crippen molar-refractivity contribution >= 4 is 15.0 Å². The summed E-state index contributed by atoms with van der Waals surface area (Å²) in [5.41, 5.74) is 2.42. The summed E-state index contributed by atoms with van der Waals surface area (Å²) < 4.78 is 10.7. The minimum Gasteiger partial charge on any atom is -0.542 e. The Balaban J connectivity index is 3.00. The first-order valence-corrected chi connectivity index (χ1v) is 9.33. The van der Waals surface area contributed by atoms with Crippen LogP contribution >= 0.6 is 0 Å². The zero-order valence-electron chi connectivity index (χ0n) is 13.4. The van der Waals surface area contributed by atoms with E-state index >= 15 is 0 Å². The van der Waals surface area contributed by atoms with E-state index in [0.717, 1.165) is 11.3 Å². The van der Waals surface area contributed by atoms with E-state index in [4.69, 9.17) is 9.16 Å². The van der Waals surface area contributed by atoms with E-state index in [0.29, 0.717) is 12.8 Å². The molecule has 1 aromatic rings. The summed E-state index contributed by atoms with van der Waals surface area (Å²) >= 11 is 0. The molecule has 0 aliphatic rings. The highest BCUT2D eigenvalue weighted by molar-refractivity contribution is 6.49. The molecule has 0 unspecified atom stereocenters. The Hall–Kier alpha value is -1.29. The predicted octanol–water partition coefficient (Wildman–Crippen LogP) is 3.72. The fourth-order valence-electron chi connectivity index (χ4n) is 1.88. The van der Waals surface area contributed by atoms with Crippen LogP contribution in [0.1, 0.15) is 38.3 Å². The third-order valence-corrected chi connectivity index (χ3v) is 3.70. The molecule has 0 N–H and O–H groups in total. The Bertz CT molecular complexity index is 461. The molecule has 3 nitrogen and oxygen atoms in total. The maximum atomic E-state index is 11.3. The number of methoxy groups -OCH3 is 1. The summed E-state index contributed by atoms with van der Waals surface area (Å²) in [6.45, 7) is 10.8. The molecule has 0 spiro atoms. The third kappa shape index (κ3) is 5.00. The minimum atomic E-state index is -0.830. The number of hydrogen-bond acceptors (Lipinski definition) is 3. The lowest BCUT2D eigenvalue weighted by Crippen LogP contribution is -2.16. The number of aryl methyl sites for hydroxylation is 1. The maximum Gasteiger partial charge on any atom is 0.305 e. The molecule has 0 aliphatic heterocycles. The first kappa shape index (κ1) is 16.8. The molecule has 0 aromatic heterocycles. The van der Waals surface area contributed by atoms with E-state index in [1.54, 1.807) is 0 Å². The van der Waals surface area contributed by atoms with E-state index in [9.17, 15) is 4.79 Å². The summed E-state index contributed by atoms with van der Waals surface area (Å²) in [6.07, 6.45) is 1.04. The monoisotopic (exact) mass is 293 g/mol. The highest BCUT2D eigenvalue weighted by Gasteiger charge is 2.17. The van der Waals surface area contributed by atoms with Crippen LogP contribution < -0.4 is 4.43 Å². The van der Waals surface area contributed by atoms with Gasteiger partial charge in [0.1, 0.15) is 5.75 Å². The van der Waals surface area contributed by atoms with Gasteiger partial charge in [0, 0.05) is 6.42 Å². The van der Waals surface area contributed by atoms with Crippen LogP contribution in [0, 0.1) is 0 Å². The summed E-state index contributed by atoms with van der Waals surface area (Å²) in [5, 5.41) is 0. The summed E-state index contributed by atoms with van der Waals surface area (Å²) in [6, 6.07) is 6.31. The van der Waals surface area contributed by atoms with Crippen molar-refractivity contribution in [3.8, 4) is 5.75 Å². The third-order valence-electron chi connectivity index (χ3n) is 3.07. The van der Waals surface area contributed by atoms with Gasteiger partial charge in [-0.2, -0.15) is 0 Å². The molecule has 0 bridgehead atoms. The zero-order valence-corrected chi connectivity index (χ0v) is 14.4. The largest absolute Gasteiger partial charge is 0.542 e. The smallest absolute Gasteiger partial charge is 0.305 e. The Labute approximate surface area is 124 Å². The number of hydrogen-bond donors (Lipinski definition) is 0. The van der Waals surface area contributed by atoms with Crippen LogP contribution in [0.3, 0.4) is 0 Å². The maximum absolute atomic E-state index is 11.3. The Kier molecular flexibility index (Phi) is 5.81. The number of rotatable bonds is 5. The lowest BCUT2D eigenvalue weighted by molar-refractivity contribution is -0.140. The molecular weight excluding hydrogens is 268 g/mol. The van der Waals surface area contributed by atoms with Crippen LogP contribution in [0.2, 0.25) is 13.1 Å². The second-order valence-corrected chi connectivity index (χ2v) is 8.18. The SMILES string of the molecule is COC(=O)CCc1ccc(C(C)(C)C)cc1O[Si](C)C. The van der Waals surface area contributed by atoms with E-state index in [-0.39, 0.29) is 11.4 Å². The van der Waals surface area contributed by atoms with Crippen LogP contribution in [0.25, 0.3) is 0 Å². The van der Waals surface area contributed by atoms with Gasteiger partial charge in [-0.1, -0.05) is 32.9 Å². The molecule has 0 saturated carbocycles. The van der Waals surface area contributed by atoms with Gasteiger partial charge in [0.25, 0.3) is 9.04 Å². The molecule has 0 aliphatic carbocycles. The minimum absolute atomic E-state index is 0.0907. The Morgan fingerprint density at radius 3 is 2.40 bits per heavy atom. The second-order valence-electron chi connectivity index (χ2n) is 6.16. The van der Waals surface area contributed by atoms with Crippen LogP contribution in [0.4, 0.5) is 0 Å². The molecule has 0 saturated heterocycles. The molecule has 0 heterocycles. The summed E-state index contributed by atoms with van der Waals surface area (Å²) in [5.74, 6) is 0.731. The van der Waals surface area contributed by atoms with Crippen molar-refractivity contribution in [3.05, 3.63) is 29.3 Å². The quantitative estimate of drug-likeness (QED) is 0.613. The van der Waals surface area contributed by atoms with Crippen LogP contribution in [-0.2, 0) is 21.4 Å². The topological polar surface area (TPSA) is 35.5 Å². The van der Waals surface area contributed by atoms with Crippen molar-refractivity contribution in [2.75, 3.05) is 7.11 Å². The van der Waals surface area contributed by atoms with Crippen molar-refractivity contribution in [2.45, 2.75) is 52.1 Å². The summed E-state index contributed by atoms with van der Waals surface area (Å²) in [4.78, 5) is 11.3. The van der Waals surface area contributed by atoms with Crippen molar-refractivity contribution in [2.24, 2.45) is 0 Å². The lowest BCUT2D eigenvalue weighted by atomic mass is 9.86. The van der Waals surface area contributed by atoms with E-state index in [1.165, 1.54) is 12.7 Å². The van der Waals surface area contributed by atoms with Gasteiger partial charge in [-0.15, -0.1) is 0 Å². The molecule has 111 valence electrons. The predicted molar refractivity (Wildman–Crippen MR) is 83.6 cm³/mol. The summed E-state index contributed by atoms with van der Waals surface area (Å²) in [7, 11) is 0.588. The van der Waals surface area contributed by atoms with Gasteiger partial charge in [-0.3, -0.25) is 4.79 Å². The van der Waals surface area contributed by atoms with Crippen molar-refractivity contribution in [1.82, 2.24) is 0 Å². The number of carbonyl (C=O) groups excluding carboxylic acids is 1. The molecule has 1 radical (unpaired) electrons. The molecule has 0 amide bonds. The van der Waals surface area contributed by atoms with Crippen LogP contribution in [0.5, 0.6) is 5.75 Å². The van der Waals surface area contributed by atoms with Gasteiger partial charge < -0.3 is 9.16 Å². The van der Waals surface area contributed by atoms with Crippen LogP contribution in [0.15, 0.2) is 18.2 Å². The van der Waals surface area contributed by atoms with Gasteiger partial charge in [-0.05, 0) is 42.1 Å². The van der Waals surface area contributed by atoms with Crippen molar-refractivity contribution in [3.63, 3.8) is 0 Å². The Morgan fingerprint density at radius 2 is 1.90 bits per heavy atom. The molecule has 0 atom stereocenters. The average Bonchev–Trinajstić information content (AvgIpc) is 2.34. The molecule has 0 fully saturated rings. The first-order valence-electron chi connectivity index (χ1n) is 6.92. The number of benzene rings is 1. The van der Waals surface area contributed by atoms with E-state index in [1.807, 2.05) is 0 Å². The first-order chi connectivity index (χ1) is 9.24. The molecule has 1 rings (SSSR count). The van der Waals surface area contributed by atoms with E-state index in [2.05, 4.69) is 52.1 Å². The van der Waals surface area contributed by atoms with Crippen LogP contribution in [-0.4, -0.2) is 22.1 Å². The molecule has 20 heavy (non-hydrogen) atoms. The van der Waals surface area contributed by atoms with Gasteiger partial charge in [0.2, 0.25) is 0 Å². The zero-order chi connectivity index (χ0) is 15.3. The second kappa shape index (κ2) is 6.93. The number of esters is 1. The van der Waals surface area contributed by atoms with Gasteiger partial charge in [0.15, 0.2) is 0 Å². The Morgan fingerprint density at radius 1 is 1.25 bits per heavy atom. The van der Waals surface area contributed by atoms with Gasteiger partial charge >= 0.3 is 5.97 Å². The fourth-order valence-corrected chi connectivity index (χ4v) is 2.51. The van der Waals surface area contributed by atoms with Gasteiger partial charge in [-0.25, -0.2) is 0 Å². The highest BCUT2D eigenvalue weighted by Crippen LogP contribution is 2.29.